The molecule has 112 valence electrons. The summed E-state index contributed by atoms with van der Waals surface area (Å²) in [5.41, 5.74) is 0. The minimum Gasteiger partial charge on any atom is -0.490 e. The number of nitrogens with zero attached hydrogens (tertiary/aromatic N) is 3. The van der Waals surface area contributed by atoms with Crippen LogP contribution in [0.2, 0.25) is 0 Å². The van der Waals surface area contributed by atoms with E-state index < -0.39 is 0 Å². The zero-order valence-electron chi connectivity index (χ0n) is 12.6. The predicted molar refractivity (Wildman–Crippen MR) is 81.5 cm³/mol. The molecule has 0 aliphatic carbocycles. The molecule has 2 heterocycles. The topological polar surface area (TPSA) is 62.3 Å². The van der Waals surface area contributed by atoms with Gasteiger partial charge in [-0.25, -0.2) is 9.97 Å². The third kappa shape index (κ3) is 3.50. The summed E-state index contributed by atoms with van der Waals surface area (Å²) in [6.45, 7) is 5.51. The second kappa shape index (κ2) is 7.28. The Labute approximate surface area is 120 Å². The molecular formula is C14H25N5O. The summed E-state index contributed by atoms with van der Waals surface area (Å²) in [6.07, 6.45) is 5.53. The first kappa shape index (κ1) is 14.8. The van der Waals surface area contributed by atoms with Crippen molar-refractivity contribution >= 4 is 11.6 Å². The maximum Gasteiger partial charge on any atom is 0.204 e. The van der Waals surface area contributed by atoms with Gasteiger partial charge in [0, 0.05) is 19.6 Å². The van der Waals surface area contributed by atoms with E-state index in [1.165, 1.54) is 32.4 Å². The predicted octanol–water partition coefficient (Wildman–Crippen LogP) is 1.81. The summed E-state index contributed by atoms with van der Waals surface area (Å²) in [5.74, 6) is 2.12. The average Bonchev–Trinajstić information content (AvgIpc) is 2.52. The molecule has 6 heteroatoms. The van der Waals surface area contributed by atoms with Crippen LogP contribution in [0.3, 0.4) is 0 Å². The quantitative estimate of drug-likeness (QED) is 0.828. The molecule has 2 N–H and O–H groups in total. The van der Waals surface area contributed by atoms with Crippen molar-refractivity contribution in [2.75, 3.05) is 44.4 Å². The van der Waals surface area contributed by atoms with Gasteiger partial charge in [0.05, 0.1) is 7.11 Å². The van der Waals surface area contributed by atoms with Gasteiger partial charge >= 0.3 is 0 Å². The van der Waals surface area contributed by atoms with Crippen molar-refractivity contribution in [3.05, 3.63) is 6.33 Å². The molecule has 0 bridgehead atoms. The Morgan fingerprint density at radius 3 is 2.60 bits per heavy atom. The number of piperidine rings is 1. The molecule has 1 aliphatic heterocycles. The third-order valence-corrected chi connectivity index (χ3v) is 3.82. The van der Waals surface area contributed by atoms with Gasteiger partial charge in [-0.3, -0.25) is 4.90 Å². The monoisotopic (exact) mass is 279 g/mol. The lowest BCUT2D eigenvalue weighted by Gasteiger charge is -2.32. The Bertz CT molecular complexity index is 420. The number of rotatable bonds is 6. The van der Waals surface area contributed by atoms with Gasteiger partial charge in [-0.2, -0.15) is 0 Å². The van der Waals surface area contributed by atoms with Crippen molar-refractivity contribution in [3.8, 4) is 5.75 Å². The van der Waals surface area contributed by atoms with Gasteiger partial charge in [0.15, 0.2) is 11.6 Å². The third-order valence-electron chi connectivity index (χ3n) is 3.82. The molecule has 1 aromatic heterocycles. The zero-order valence-corrected chi connectivity index (χ0v) is 12.6. The second-order valence-electron chi connectivity index (χ2n) is 5.18. The summed E-state index contributed by atoms with van der Waals surface area (Å²) in [5, 5.41) is 6.39. The van der Waals surface area contributed by atoms with E-state index in [9.17, 15) is 0 Å². The smallest absolute Gasteiger partial charge is 0.204 e. The van der Waals surface area contributed by atoms with Crippen LogP contribution in [0.4, 0.5) is 11.6 Å². The first-order chi connectivity index (χ1) is 9.76. The van der Waals surface area contributed by atoms with E-state index in [-0.39, 0.29) is 0 Å². The number of hydrogen-bond donors (Lipinski definition) is 2. The SMILES string of the molecule is CNc1ncnc(NCC(C)N2CCCCC2)c1OC. The van der Waals surface area contributed by atoms with Gasteiger partial charge in [-0.05, 0) is 32.9 Å². The summed E-state index contributed by atoms with van der Waals surface area (Å²) in [7, 11) is 3.46. The molecular weight excluding hydrogens is 254 g/mol. The molecule has 0 radical (unpaired) electrons. The molecule has 0 spiro atoms. The van der Waals surface area contributed by atoms with Gasteiger partial charge in [-0.1, -0.05) is 6.42 Å². The van der Waals surface area contributed by atoms with Crippen LogP contribution in [-0.2, 0) is 0 Å². The Kier molecular flexibility index (Phi) is 5.40. The van der Waals surface area contributed by atoms with E-state index in [2.05, 4.69) is 32.4 Å². The van der Waals surface area contributed by atoms with Gasteiger partial charge < -0.3 is 15.4 Å². The number of hydrogen-bond acceptors (Lipinski definition) is 6. The molecule has 0 saturated carbocycles. The van der Waals surface area contributed by atoms with Crippen LogP contribution in [0.15, 0.2) is 6.33 Å². The number of likely N-dealkylation sites (tertiary alicyclic amines) is 1. The standard InChI is InChI=1S/C14H25N5O/c1-11(19-7-5-4-6-8-19)9-16-14-12(20-3)13(15-2)17-10-18-14/h10-11H,4-9H2,1-3H3,(H2,15,16,17,18). The van der Waals surface area contributed by atoms with E-state index >= 15 is 0 Å². The summed E-state index contributed by atoms with van der Waals surface area (Å²) in [6, 6.07) is 0.494. The van der Waals surface area contributed by atoms with Crippen LogP contribution in [-0.4, -0.2) is 54.7 Å². The Hall–Kier alpha value is -1.56. The van der Waals surface area contributed by atoms with Gasteiger partial charge in [-0.15, -0.1) is 0 Å². The van der Waals surface area contributed by atoms with Crippen molar-refractivity contribution < 1.29 is 4.74 Å². The summed E-state index contributed by atoms with van der Waals surface area (Å²) < 4.78 is 5.38. The highest BCUT2D eigenvalue weighted by molar-refractivity contribution is 5.63. The van der Waals surface area contributed by atoms with Crippen molar-refractivity contribution in [1.82, 2.24) is 14.9 Å². The van der Waals surface area contributed by atoms with E-state index in [1.54, 1.807) is 13.4 Å². The van der Waals surface area contributed by atoms with Gasteiger partial charge in [0.25, 0.3) is 0 Å². The lowest BCUT2D eigenvalue weighted by Crippen LogP contribution is -2.41. The molecule has 1 atom stereocenters. The molecule has 1 saturated heterocycles. The van der Waals surface area contributed by atoms with E-state index in [1.807, 2.05) is 7.05 Å². The summed E-state index contributed by atoms with van der Waals surface area (Å²) >= 11 is 0. The van der Waals surface area contributed by atoms with Crippen molar-refractivity contribution in [2.24, 2.45) is 0 Å². The molecule has 1 aliphatic rings. The maximum absolute atomic E-state index is 5.38. The Morgan fingerprint density at radius 1 is 1.25 bits per heavy atom. The van der Waals surface area contributed by atoms with E-state index in [0.717, 1.165) is 12.4 Å². The zero-order chi connectivity index (χ0) is 14.4. The molecule has 1 unspecified atom stereocenters. The number of anilines is 2. The average molecular weight is 279 g/mol. The number of methoxy groups -OCH3 is 1. The maximum atomic E-state index is 5.38. The van der Waals surface area contributed by atoms with Crippen molar-refractivity contribution in [2.45, 2.75) is 32.2 Å². The molecule has 6 nitrogen and oxygen atoms in total. The molecule has 20 heavy (non-hydrogen) atoms. The molecule has 1 aromatic rings. The molecule has 2 rings (SSSR count). The number of nitrogens with one attached hydrogen (secondary N) is 2. The van der Waals surface area contributed by atoms with E-state index in [0.29, 0.717) is 17.6 Å². The largest absolute Gasteiger partial charge is 0.490 e. The minimum absolute atomic E-state index is 0.494. The first-order valence-corrected chi connectivity index (χ1v) is 7.31. The second-order valence-corrected chi connectivity index (χ2v) is 5.18. The highest BCUT2D eigenvalue weighted by Gasteiger charge is 2.17. The summed E-state index contributed by atoms with van der Waals surface area (Å²) in [4.78, 5) is 10.9. The van der Waals surface area contributed by atoms with E-state index in [4.69, 9.17) is 4.74 Å². The molecule has 0 aromatic carbocycles. The van der Waals surface area contributed by atoms with Crippen LogP contribution in [0.1, 0.15) is 26.2 Å². The Morgan fingerprint density at radius 2 is 1.95 bits per heavy atom. The van der Waals surface area contributed by atoms with Crippen LogP contribution >= 0.6 is 0 Å². The fraction of sp³-hybridized carbons (Fsp3) is 0.714. The minimum atomic E-state index is 0.494. The Balaban J connectivity index is 1.96. The lowest BCUT2D eigenvalue weighted by atomic mass is 10.1. The van der Waals surface area contributed by atoms with Gasteiger partial charge in [0.2, 0.25) is 5.75 Å². The van der Waals surface area contributed by atoms with Crippen LogP contribution in [0.25, 0.3) is 0 Å². The fourth-order valence-corrected chi connectivity index (χ4v) is 2.60. The normalized spacial score (nSPS) is 17.6. The van der Waals surface area contributed by atoms with Crippen molar-refractivity contribution in [1.29, 1.82) is 0 Å². The fourth-order valence-electron chi connectivity index (χ4n) is 2.60. The van der Waals surface area contributed by atoms with Crippen LogP contribution < -0.4 is 15.4 Å². The van der Waals surface area contributed by atoms with Gasteiger partial charge in [0.1, 0.15) is 6.33 Å². The highest BCUT2D eigenvalue weighted by atomic mass is 16.5. The first-order valence-electron chi connectivity index (χ1n) is 7.31. The van der Waals surface area contributed by atoms with Crippen LogP contribution in [0, 0.1) is 0 Å². The molecule has 0 amide bonds. The highest BCUT2D eigenvalue weighted by Crippen LogP contribution is 2.28. The molecule has 1 fully saturated rings. The number of aromatic nitrogens is 2. The van der Waals surface area contributed by atoms with Crippen LogP contribution in [0.5, 0.6) is 5.75 Å². The van der Waals surface area contributed by atoms with Crippen molar-refractivity contribution in [3.63, 3.8) is 0 Å². The number of ether oxygens (including phenoxy) is 1. The lowest BCUT2D eigenvalue weighted by molar-refractivity contribution is 0.180.